The zero-order chi connectivity index (χ0) is 20.1. The summed E-state index contributed by atoms with van der Waals surface area (Å²) in [5, 5.41) is 0. The van der Waals surface area contributed by atoms with Gasteiger partial charge in [-0.1, -0.05) is 60.7 Å². The van der Waals surface area contributed by atoms with Gasteiger partial charge in [-0.15, -0.1) is 0 Å². The van der Waals surface area contributed by atoms with Gasteiger partial charge >= 0.3 is 6.03 Å². The van der Waals surface area contributed by atoms with Gasteiger partial charge in [0, 0.05) is 26.7 Å². The minimum atomic E-state index is 0.143. The van der Waals surface area contributed by atoms with Crippen molar-refractivity contribution >= 4 is 6.03 Å². The molecule has 0 spiro atoms. The molecule has 0 bridgehead atoms. The Morgan fingerprint density at radius 3 is 1.76 bits per heavy atom. The Labute approximate surface area is 173 Å². The number of nitrogens with zero attached hydrogens (tertiary/aromatic N) is 2. The van der Waals surface area contributed by atoms with E-state index in [-0.39, 0.29) is 6.03 Å². The maximum atomic E-state index is 12.3. The number of carbonyl (C=O) groups is 1. The van der Waals surface area contributed by atoms with Crippen molar-refractivity contribution < 1.29 is 14.3 Å². The molecule has 1 saturated heterocycles. The standard InChI is InChI=1S/C24H30N2O3/c1-25-12-13-26(24(25)27)14-21-22(17-28-15-19-8-4-2-5-9-19)23(21)18-29-16-20-10-6-3-7-11-20/h2-11,21-23H,12-18H2,1H3/t21?,22-,23+. The predicted octanol–water partition coefficient (Wildman–Crippen LogP) is 3.65. The average molecular weight is 395 g/mol. The van der Waals surface area contributed by atoms with E-state index in [1.165, 1.54) is 11.1 Å². The van der Waals surface area contributed by atoms with Crippen LogP contribution >= 0.6 is 0 Å². The summed E-state index contributed by atoms with van der Waals surface area (Å²) >= 11 is 0. The van der Waals surface area contributed by atoms with Gasteiger partial charge < -0.3 is 19.3 Å². The monoisotopic (exact) mass is 394 g/mol. The third-order valence-electron chi connectivity index (χ3n) is 6.09. The fraction of sp³-hybridized carbons (Fsp3) is 0.458. The number of benzene rings is 2. The van der Waals surface area contributed by atoms with Crippen molar-refractivity contribution in [1.29, 1.82) is 0 Å². The molecular formula is C24H30N2O3. The second-order valence-corrected chi connectivity index (χ2v) is 8.14. The highest BCUT2D eigenvalue weighted by atomic mass is 16.5. The maximum Gasteiger partial charge on any atom is 0.319 e. The van der Waals surface area contributed by atoms with Crippen molar-refractivity contribution in [2.75, 3.05) is 39.9 Å². The van der Waals surface area contributed by atoms with Gasteiger partial charge in [0.1, 0.15) is 0 Å². The molecule has 3 atom stereocenters. The second-order valence-electron chi connectivity index (χ2n) is 8.14. The third-order valence-corrected chi connectivity index (χ3v) is 6.09. The molecule has 0 N–H and O–H groups in total. The van der Waals surface area contributed by atoms with Crippen LogP contribution in [-0.2, 0) is 22.7 Å². The molecule has 0 radical (unpaired) electrons. The lowest BCUT2D eigenvalue weighted by Gasteiger charge is -2.16. The third kappa shape index (κ3) is 5.17. The lowest BCUT2D eigenvalue weighted by atomic mass is 10.2. The molecule has 2 aromatic carbocycles. The van der Waals surface area contributed by atoms with E-state index in [2.05, 4.69) is 24.3 Å². The number of hydrogen-bond acceptors (Lipinski definition) is 3. The Balaban J connectivity index is 1.28. The van der Waals surface area contributed by atoms with E-state index in [1.54, 1.807) is 4.90 Å². The molecule has 1 heterocycles. The summed E-state index contributed by atoms with van der Waals surface area (Å²) in [6.07, 6.45) is 0. The fourth-order valence-electron chi connectivity index (χ4n) is 4.19. The zero-order valence-electron chi connectivity index (χ0n) is 17.1. The van der Waals surface area contributed by atoms with Crippen LogP contribution in [-0.4, -0.2) is 55.7 Å². The van der Waals surface area contributed by atoms with Crippen LogP contribution in [0.4, 0.5) is 4.79 Å². The van der Waals surface area contributed by atoms with Gasteiger partial charge in [-0.3, -0.25) is 0 Å². The van der Waals surface area contributed by atoms with Crippen molar-refractivity contribution in [3.63, 3.8) is 0 Å². The van der Waals surface area contributed by atoms with E-state index in [0.29, 0.717) is 31.0 Å². The second kappa shape index (κ2) is 9.42. The van der Waals surface area contributed by atoms with Gasteiger partial charge in [0.05, 0.1) is 26.4 Å². The molecule has 2 fully saturated rings. The van der Waals surface area contributed by atoms with E-state index in [0.717, 1.165) is 32.8 Å². The van der Waals surface area contributed by atoms with Crippen molar-refractivity contribution in [3.05, 3.63) is 71.8 Å². The largest absolute Gasteiger partial charge is 0.376 e. The average Bonchev–Trinajstić information content (AvgIpc) is 3.30. The van der Waals surface area contributed by atoms with Crippen LogP contribution in [0.15, 0.2) is 60.7 Å². The summed E-state index contributed by atoms with van der Waals surface area (Å²) in [5.41, 5.74) is 2.39. The molecule has 2 aromatic rings. The van der Waals surface area contributed by atoms with Crippen LogP contribution in [0, 0.1) is 17.8 Å². The highest BCUT2D eigenvalue weighted by Gasteiger charge is 2.51. The van der Waals surface area contributed by atoms with Gasteiger partial charge in [-0.2, -0.15) is 0 Å². The van der Waals surface area contributed by atoms with Gasteiger partial charge in [0.15, 0.2) is 0 Å². The summed E-state index contributed by atoms with van der Waals surface area (Å²) in [6, 6.07) is 20.7. The van der Waals surface area contributed by atoms with E-state index in [9.17, 15) is 4.79 Å². The summed E-state index contributed by atoms with van der Waals surface area (Å²) in [4.78, 5) is 16.0. The predicted molar refractivity (Wildman–Crippen MR) is 112 cm³/mol. The number of carbonyl (C=O) groups excluding carboxylic acids is 1. The fourth-order valence-corrected chi connectivity index (χ4v) is 4.19. The van der Waals surface area contributed by atoms with E-state index >= 15 is 0 Å². The lowest BCUT2D eigenvalue weighted by Crippen LogP contribution is -2.31. The summed E-state index contributed by atoms with van der Waals surface area (Å²) < 4.78 is 12.0. The first-order chi connectivity index (χ1) is 14.2. The minimum Gasteiger partial charge on any atom is -0.376 e. The van der Waals surface area contributed by atoms with Crippen LogP contribution in [0.25, 0.3) is 0 Å². The number of urea groups is 1. The van der Waals surface area contributed by atoms with Crippen LogP contribution in [0.1, 0.15) is 11.1 Å². The van der Waals surface area contributed by atoms with Gasteiger partial charge in [-0.25, -0.2) is 4.79 Å². The van der Waals surface area contributed by atoms with E-state index in [1.807, 2.05) is 48.3 Å². The normalized spacial score (nSPS) is 23.6. The molecule has 29 heavy (non-hydrogen) atoms. The highest BCUT2D eigenvalue weighted by Crippen LogP contribution is 2.47. The van der Waals surface area contributed by atoms with Crippen LogP contribution in [0.3, 0.4) is 0 Å². The van der Waals surface area contributed by atoms with Gasteiger partial charge in [0.2, 0.25) is 0 Å². The molecule has 1 unspecified atom stereocenters. The lowest BCUT2D eigenvalue weighted by molar-refractivity contribution is 0.0840. The summed E-state index contributed by atoms with van der Waals surface area (Å²) in [6.45, 7) is 5.15. The van der Waals surface area contributed by atoms with Crippen molar-refractivity contribution in [1.82, 2.24) is 9.80 Å². The zero-order valence-corrected chi connectivity index (χ0v) is 17.1. The molecule has 1 saturated carbocycles. The number of ether oxygens (including phenoxy) is 2. The molecule has 4 rings (SSSR count). The molecule has 5 heteroatoms. The van der Waals surface area contributed by atoms with Crippen molar-refractivity contribution in [2.45, 2.75) is 13.2 Å². The summed E-state index contributed by atoms with van der Waals surface area (Å²) in [5.74, 6) is 1.36. The Morgan fingerprint density at radius 2 is 1.31 bits per heavy atom. The number of amides is 2. The van der Waals surface area contributed by atoms with Gasteiger partial charge in [-0.05, 0) is 28.9 Å². The molecule has 0 aromatic heterocycles. The topological polar surface area (TPSA) is 42.0 Å². The first kappa shape index (κ1) is 19.9. The quantitative estimate of drug-likeness (QED) is 0.618. The smallest absolute Gasteiger partial charge is 0.319 e. The first-order valence-electron chi connectivity index (χ1n) is 10.5. The van der Waals surface area contributed by atoms with Crippen LogP contribution in [0.5, 0.6) is 0 Å². The van der Waals surface area contributed by atoms with Crippen molar-refractivity contribution in [2.24, 2.45) is 17.8 Å². The molecule has 2 amide bonds. The minimum absolute atomic E-state index is 0.143. The highest BCUT2D eigenvalue weighted by molar-refractivity contribution is 5.76. The van der Waals surface area contributed by atoms with E-state index < -0.39 is 0 Å². The Kier molecular flexibility index (Phi) is 6.47. The summed E-state index contributed by atoms with van der Waals surface area (Å²) in [7, 11) is 1.87. The maximum absolute atomic E-state index is 12.3. The van der Waals surface area contributed by atoms with Crippen molar-refractivity contribution in [3.8, 4) is 0 Å². The molecule has 1 aliphatic heterocycles. The number of hydrogen-bond donors (Lipinski definition) is 0. The molecule has 5 nitrogen and oxygen atoms in total. The first-order valence-corrected chi connectivity index (χ1v) is 10.5. The molecular weight excluding hydrogens is 364 g/mol. The Morgan fingerprint density at radius 1 is 0.793 bits per heavy atom. The van der Waals surface area contributed by atoms with Crippen LogP contribution in [0.2, 0.25) is 0 Å². The Hall–Kier alpha value is -2.37. The molecule has 1 aliphatic carbocycles. The number of rotatable bonds is 10. The van der Waals surface area contributed by atoms with Gasteiger partial charge in [0.25, 0.3) is 0 Å². The molecule has 154 valence electrons. The van der Waals surface area contributed by atoms with E-state index in [4.69, 9.17) is 9.47 Å². The number of likely N-dealkylation sites (N-methyl/N-ethyl adjacent to an activating group) is 1. The SMILES string of the molecule is CN1CCN(CC2[C@@H](COCc3ccccc3)[C@H]2COCc2ccccc2)C1=O. The molecule has 2 aliphatic rings. The van der Waals surface area contributed by atoms with Crippen LogP contribution < -0.4 is 0 Å². The Bertz CT molecular complexity index is 732.